The summed E-state index contributed by atoms with van der Waals surface area (Å²) >= 11 is 7.44. The van der Waals surface area contributed by atoms with Crippen LogP contribution < -0.4 is 20.4 Å². The van der Waals surface area contributed by atoms with Gasteiger partial charge >= 0.3 is 0 Å². The Kier molecular flexibility index (Phi) is 13.6. The number of likely N-dealkylation sites (tertiary alicyclic amines) is 1. The van der Waals surface area contributed by atoms with Gasteiger partial charge in [-0.1, -0.05) is 29.8 Å². The zero-order valence-corrected chi connectivity index (χ0v) is 37.9. The van der Waals surface area contributed by atoms with Gasteiger partial charge in [0.1, 0.15) is 5.82 Å². The average Bonchev–Trinajstić information content (AvgIpc) is 3.85. The highest BCUT2D eigenvalue weighted by molar-refractivity contribution is 7.13. The monoisotopic (exact) mass is 924 g/mol. The van der Waals surface area contributed by atoms with Crippen molar-refractivity contribution in [2.75, 3.05) is 93.7 Å². The van der Waals surface area contributed by atoms with Crippen LogP contribution in [0.15, 0.2) is 66.2 Å². The molecule has 65 heavy (non-hydrogen) atoms. The molecule has 5 saturated heterocycles. The van der Waals surface area contributed by atoms with Gasteiger partial charge in [-0.3, -0.25) is 34.2 Å². The number of halogens is 2. The van der Waals surface area contributed by atoms with Crippen LogP contribution in [-0.4, -0.2) is 138 Å². The van der Waals surface area contributed by atoms with Gasteiger partial charge in [-0.25, -0.2) is 14.4 Å². The maximum atomic E-state index is 14.6. The minimum absolute atomic E-state index is 0.0163. The minimum atomic E-state index is -0.692. The number of nitrogens with zero attached hydrogens (tertiary/aromatic N) is 8. The third-order valence-corrected chi connectivity index (χ3v) is 14.6. The maximum Gasteiger partial charge on any atom is 0.256 e. The lowest BCUT2D eigenvalue weighted by Crippen LogP contribution is -2.52. The summed E-state index contributed by atoms with van der Waals surface area (Å²) in [6.45, 7) is 7.98. The number of carbonyl (C=O) groups is 5. The van der Waals surface area contributed by atoms with E-state index in [0.717, 1.165) is 53.7 Å². The van der Waals surface area contributed by atoms with Gasteiger partial charge in [-0.2, -0.15) is 0 Å². The number of amides is 5. The standard InChI is InChI=1S/C47H54ClFN10O5S/c48-39-3-1-2-38(42(39)49)46(64)59-21-19-54(20-22-59)30-34-28-36(29-40(51-34)52-47-50-14-27-65-47)56-23-25-58(26-24-56)45(63)33-12-17-57(18-13-33)44(62)32-10-15-55(16-11-32)35-6-4-31(5-7-35)37-8-9-41(60)53-43(37)61/h1-7,14,27-29,32-33,37H,8-13,15-26,30H2,(H,50,51,52)(H,53,60,61)/t37-/m0/s1. The molecule has 5 aliphatic heterocycles. The SMILES string of the molecule is O=C1CC[C@@H](c2ccc(N3CCC(C(=O)N4CCC(C(=O)N5CCN(c6cc(CN7CCN(C(=O)c8cccc(Cl)c8F)CC7)nc(Nc7nccs7)c6)CC5)CC4)CC3)cc2)C(=O)N1. The van der Waals surface area contributed by atoms with E-state index in [2.05, 4.69) is 36.4 Å². The molecule has 7 heterocycles. The number of carbonyl (C=O) groups excluding carboxylic acids is 5. The molecule has 2 aromatic carbocycles. The van der Waals surface area contributed by atoms with Crippen LogP contribution in [-0.2, 0) is 25.7 Å². The first-order valence-electron chi connectivity index (χ1n) is 22.7. The van der Waals surface area contributed by atoms with E-state index in [1.165, 1.54) is 23.5 Å². The predicted molar refractivity (Wildman–Crippen MR) is 247 cm³/mol. The largest absolute Gasteiger partial charge is 0.371 e. The molecule has 0 radical (unpaired) electrons. The first-order valence-corrected chi connectivity index (χ1v) is 24.0. The minimum Gasteiger partial charge on any atom is -0.371 e. The Bertz CT molecular complexity index is 2380. The van der Waals surface area contributed by atoms with E-state index in [4.69, 9.17) is 16.6 Å². The van der Waals surface area contributed by atoms with E-state index in [9.17, 15) is 28.4 Å². The van der Waals surface area contributed by atoms with Crippen molar-refractivity contribution in [1.82, 2.24) is 34.9 Å². The van der Waals surface area contributed by atoms with E-state index in [0.29, 0.717) is 103 Å². The number of imide groups is 1. The van der Waals surface area contributed by atoms with E-state index < -0.39 is 5.82 Å². The second kappa shape index (κ2) is 19.8. The number of rotatable bonds is 10. The summed E-state index contributed by atoms with van der Waals surface area (Å²) in [7, 11) is 0. The van der Waals surface area contributed by atoms with Gasteiger partial charge in [0.2, 0.25) is 23.6 Å². The fourth-order valence-corrected chi connectivity index (χ4v) is 10.5. The topological polar surface area (TPSA) is 155 Å². The van der Waals surface area contributed by atoms with Gasteiger partial charge in [0.05, 0.1) is 22.2 Å². The second-order valence-corrected chi connectivity index (χ2v) is 18.9. The van der Waals surface area contributed by atoms with Gasteiger partial charge in [-0.15, -0.1) is 11.3 Å². The maximum absolute atomic E-state index is 14.6. The van der Waals surface area contributed by atoms with Crippen LogP contribution in [0.1, 0.15) is 66.1 Å². The summed E-state index contributed by atoms with van der Waals surface area (Å²) in [6.07, 6.45) is 5.50. The smallest absolute Gasteiger partial charge is 0.256 e. The number of benzene rings is 2. The Labute approximate surface area is 386 Å². The van der Waals surface area contributed by atoms with E-state index in [1.54, 1.807) is 17.2 Å². The van der Waals surface area contributed by atoms with Gasteiger partial charge in [-0.05, 0) is 68.0 Å². The van der Waals surface area contributed by atoms with Crippen LogP contribution in [0.4, 0.5) is 26.7 Å². The molecule has 9 rings (SSSR count). The molecule has 4 aromatic rings. The van der Waals surface area contributed by atoms with Crippen molar-refractivity contribution in [2.45, 2.75) is 51.0 Å². The highest BCUT2D eigenvalue weighted by atomic mass is 35.5. The van der Waals surface area contributed by atoms with Crippen LogP contribution in [0.2, 0.25) is 5.02 Å². The zero-order valence-electron chi connectivity index (χ0n) is 36.3. The lowest BCUT2D eigenvalue weighted by atomic mass is 9.90. The van der Waals surface area contributed by atoms with Crippen LogP contribution in [0.5, 0.6) is 0 Å². The summed E-state index contributed by atoms with van der Waals surface area (Å²) in [6, 6.07) is 16.6. The van der Waals surface area contributed by atoms with Crippen LogP contribution in [0, 0.1) is 17.7 Å². The van der Waals surface area contributed by atoms with Crippen LogP contribution in [0.25, 0.3) is 0 Å². The van der Waals surface area contributed by atoms with E-state index in [1.807, 2.05) is 45.5 Å². The normalized spacial score (nSPS) is 20.5. The highest BCUT2D eigenvalue weighted by Crippen LogP contribution is 2.32. The molecule has 18 heteroatoms. The van der Waals surface area contributed by atoms with Crippen molar-refractivity contribution < 1.29 is 28.4 Å². The molecular weight excluding hydrogens is 871 g/mol. The summed E-state index contributed by atoms with van der Waals surface area (Å²) in [5.74, 6) is -0.895. The number of aromatic nitrogens is 2. The molecule has 2 aromatic heterocycles. The lowest BCUT2D eigenvalue weighted by molar-refractivity contribution is -0.143. The molecule has 15 nitrogen and oxygen atoms in total. The molecule has 5 amide bonds. The lowest BCUT2D eigenvalue weighted by Gasteiger charge is -2.40. The van der Waals surface area contributed by atoms with Crippen molar-refractivity contribution >= 4 is 74.8 Å². The molecule has 0 aliphatic carbocycles. The number of anilines is 4. The fraction of sp³-hybridized carbons (Fsp3) is 0.468. The summed E-state index contributed by atoms with van der Waals surface area (Å²) in [4.78, 5) is 86.3. The average molecular weight is 926 g/mol. The number of hydrogen-bond donors (Lipinski definition) is 2. The van der Waals surface area contributed by atoms with Crippen LogP contribution >= 0.6 is 22.9 Å². The van der Waals surface area contributed by atoms with Crippen molar-refractivity contribution in [2.24, 2.45) is 11.8 Å². The molecule has 0 unspecified atom stereocenters. The third kappa shape index (κ3) is 10.3. The fourth-order valence-electron chi connectivity index (χ4n) is 9.83. The summed E-state index contributed by atoms with van der Waals surface area (Å²) in [5.41, 5.74) is 3.84. The number of pyridine rings is 1. The van der Waals surface area contributed by atoms with Gasteiger partial charge in [0.25, 0.3) is 5.91 Å². The molecule has 5 fully saturated rings. The zero-order chi connectivity index (χ0) is 45.0. The molecule has 2 N–H and O–H groups in total. The molecule has 342 valence electrons. The quantitative estimate of drug-likeness (QED) is 0.198. The first kappa shape index (κ1) is 44.5. The van der Waals surface area contributed by atoms with Crippen molar-refractivity contribution in [3.63, 3.8) is 0 Å². The van der Waals surface area contributed by atoms with Crippen molar-refractivity contribution in [3.8, 4) is 0 Å². The van der Waals surface area contributed by atoms with E-state index in [-0.39, 0.29) is 57.9 Å². The molecule has 1 atom stereocenters. The molecule has 0 bridgehead atoms. The molecular formula is C47H54ClFN10O5S. The summed E-state index contributed by atoms with van der Waals surface area (Å²) < 4.78 is 14.6. The molecule has 5 aliphatic rings. The number of piperazine rings is 2. The van der Waals surface area contributed by atoms with Crippen molar-refractivity contribution in [3.05, 3.63) is 93.8 Å². The van der Waals surface area contributed by atoms with E-state index >= 15 is 0 Å². The Morgan fingerprint density at radius 2 is 1.40 bits per heavy atom. The Morgan fingerprint density at radius 1 is 0.754 bits per heavy atom. The highest BCUT2D eigenvalue weighted by Gasteiger charge is 2.36. The number of hydrogen-bond acceptors (Lipinski definition) is 12. The Hall–Kier alpha value is -5.65. The predicted octanol–water partition coefficient (Wildman–Crippen LogP) is 5.36. The number of piperidine rings is 3. The van der Waals surface area contributed by atoms with Gasteiger partial charge < -0.3 is 29.8 Å². The number of thiazole rings is 1. The molecule has 0 saturated carbocycles. The molecule has 0 spiro atoms. The first-order chi connectivity index (χ1) is 31.6. The van der Waals surface area contributed by atoms with Crippen LogP contribution in [0.3, 0.4) is 0 Å². The summed E-state index contributed by atoms with van der Waals surface area (Å²) in [5, 5.41) is 8.37. The van der Waals surface area contributed by atoms with Crippen molar-refractivity contribution in [1.29, 1.82) is 0 Å². The Morgan fingerprint density at radius 3 is 2.06 bits per heavy atom. The van der Waals surface area contributed by atoms with Gasteiger partial charge in [0.15, 0.2) is 10.9 Å². The second-order valence-electron chi connectivity index (χ2n) is 17.6. The third-order valence-electron chi connectivity index (χ3n) is 13.6. The van der Waals surface area contributed by atoms with Gasteiger partial charge in [0, 0.05) is 132 Å². The Balaban J connectivity index is 0.739. The number of nitrogens with one attached hydrogen (secondary N) is 2.